The highest BCUT2D eigenvalue weighted by molar-refractivity contribution is 4.12. The number of hydrogen-bond acceptors (Lipinski definition) is 0. The van der Waals surface area contributed by atoms with Crippen molar-refractivity contribution in [3.63, 3.8) is 0 Å². The van der Waals surface area contributed by atoms with E-state index in [4.69, 9.17) is 2.74 Å². The van der Waals surface area contributed by atoms with Gasteiger partial charge in [-0.3, -0.25) is 0 Å². The lowest BCUT2D eigenvalue weighted by Crippen LogP contribution is -1.47. The molecule has 0 spiro atoms. The molecular formula is C4H10. The van der Waals surface area contributed by atoms with Crippen molar-refractivity contribution in [3.05, 3.63) is 0 Å². The normalized spacial score (nSPS) is 22.2. The van der Waals surface area contributed by atoms with E-state index in [2.05, 4.69) is 0 Å². The van der Waals surface area contributed by atoms with Crippen LogP contribution in [0.25, 0.3) is 0 Å². The van der Waals surface area contributed by atoms with Gasteiger partial charge in [0.2, 0.25) is 0 Å². The lowest BCUT2D eigenvalue weighted by molar-refractivity contribution is 0.886. The maximum atomic E-state index is 6.88. The average Bonchev–Trinajstić information content (AvgIpc) is 1.65. The summed E-state index contributed by atoms with van der Waals surface area (Å²) in [7, 11) is 0. The van der Waals surface area contributed by atoms with E-state index in [9.17, 15) is 0 Å². The van der Waals surface area contributed by atoms with Gasteiger partial charge in [0.25, 0.3) is 0 Å². The zero-order chi connectivity index (χ0) is 4.99. The van der Waals surface area contributed by atoms with Gasteiger partial charge in [-0.25, -0.2) is 0 Å². The summed E-state index contributed by atoms with van der Waals surface area (Å²) < 4.78 is 13.5. The summed E-state index contributed by atoms with van der Waals surface area (Å²) >= 11 is 0. The molecule has 0 aromatic heterocycles. The monoisotopic (exact) mass is 60.1 g/mol. The Morgan fingerprint density at radius 1 is 2.25 bits per heavy atom. The maximum absolute atomic E-state index is 6.88. The summed E-state index contributed by atoms with van der Waals surface area (Å²) in [6, 6.07) is 0. The Balaban J connectivity index is 2.75. The van der Waals surface area contributed by atoms with Crippen molar-refractivity contribution >= 4 is 0 Å². The predicted molar refractivity (Wildman–Crippen MR) is 20.6 cm³/mol. The second-order valence-corrected chi connectivity index (χ2v) is 0.697. The lowest BCUT2D eigenvalue weighted by Gasteiger charge is -1.68. The lowest BCUT2D eigenvalue weighted by atomic mass is 10.4. The summed E-state index contributed by atoms with van der Waals surface area (Å²) in [5, 5.41) is 0. The van der Waals surface area contributed by atoms with Crippen LogP contribution in [0.1, 0.15) is 29.4 Å². The first-order valence-electron chi connectivity index (χ1n) is 2.81. The van der Waals surface area contributed by atoms with Crippen molar-refractivity contribution in [2.75, 3.05) is 0 Å². The highest BCUT2D eigenvalue weighted by Gasteiger charge is 1.56. The molecule has 0 heterocycles. The van der Waals surface area contributed by atoms with E-state index in [0.29, 0.717) is 0 Å². The number of rotatable bonds is 1. The molecule has 0 saturated heterocycles. The largest absolute Gasteiger partial charge is 0.0654 e. The van der Waals surface area contributed by atoms with E-state index in [-0.39, 0.29) is 13.3 Å². The van der Waals surface area contributed by atoms with Crippen molar-refractivity contribution in [1.29, 1.82) is 0 Å². The molecular weight excluding hydrogens is 48.0 g/mol. The summed E-state index contributed by atoms with van der Waals surface area (Å²) in [6.45, 7) is 2.17. The summed E-state index contributed by atoms with van der Waals surface area (Å²) in [6.07, 6.45) is 0.661. The van der Waals surface area contributed by atoms with Crippen LogP contribution in [0.3, 0.4) is 0 Å². The van der Waals surface area contributed by atoms with Crippen LogP contribution in [0, 0.1) is 0 Å². The van der Waals surface area contributed by atoms with Crippen molar-refractivity contribution in [2.45, 2.75) is 26.6 Å². The Labute approximate surface area is 30.6 Å². The third-order valence-corrected chi connectivity index (χ3v) is 0.289. The maximum Gasteiger partial charge on any atom is 0.0264 e. The highest BCUT2D eigenvalue weighted by atomic mass is 13.6. The molecule has 0 aliphatic heterocycles. The zero-order valence-electron chi connectivity index (χ0n) is 4.99. The van der Waals surface area contributed by atoms with E-state index in [1.807, 2.05) is 6.92 Å². The second-order valence-electron chi connectivity index (χ2n) is 0.697. The highest BCUT2D eigenvalue weighted by Crippen LogP contribution is 1.76. The van der Waals surface area contributed by atoms with Crippen LogP contribution in [0.4, 0.5) is 0 Å². The smallest absolute Gasteiger partial charge is 0.0264 e. The fourth-order valence-corrected chi connectivity index (χ4v) is 0. The van der Waals surface area contributed by atoms with Gasteiger partial charge in [-0.15, -0.1) is 0 Å². The standard InChI is InChI=1S/C4H10/c1-3-4-2/h3-4H2,1-2H3/i1D,3D. The third kappa shape index (κ3) is 2.00. The van der Waals surface area contributed by atoms with Crippen molar-refractivity contribution < 1.29 is 2.74 Å². The molecule has 0 bridgehead atoms. The fraction of sp³-hybridized carbons (Fsp3) is 1.00. The molecule has 0 N–H and O–H groups in total. The average molecular weight is 60.1 g/mol. The molecule has 0 fully saturated rings. The molecule has 0 nitrogen and oxygen atoms in total. The van der Waals surface area contributed by atoms with E-state index >= 15 is 0 Å². The van der Waals surface area contributed by atoms with Crippen LogP contribution in [0.5, 0.6) is 0 Å². The zero-order valence-corrected chi connectivity index (χ0v) is 2.99. The quantitative estimate of drug-likeness (QED) is 0.433. The van der Waals surface area contributed by atoms with E-state index < -0.39 is 0 Å². The van der Waals surface area contributed by atoms with Crippen LogP contribution < -0.4 is 0 Å². The van der Waals surface area contributed by atoms with Gasteiger partial charge in [0.05, 0.1) is 0 Å². The van der Waals surface area contributed by atoms with Gasteiger partial charge in [0.1, 0.15) is 0 Å². The summed E-state index contributed by atoms with van der Waals surface area (Å²) in [5.74, 6) is 0. The minimum absolute atomic E-state index is 0.148. The minimum Gasteiger partial charge on any atom is -0.0654 e. The Hall–Kier alpha value is 0. The van der Waals surface area contributed by atoms with Crippen molar-refractivity contribution in [1.82, 2.24) is 0 Å². The summed E-state index contributed by atoms with van der Waals surface area (Å²) in [5.41, 5.74) is 0. The predicted octanol–water partition coefficient (Wildman–Crippen LogP) is 1.81. The van der Waals surface area contributed by atoms with Crippen LogP contribution in [0.15, 0.2) is 0 Å². The molecule has 0 heteroatoms. The second kappa shape index (κ2) is 3.00. The molecule has 0 radical (unpaired) electrons. The van der Waals surface area contributed by atoms with Gasteiger partial charge >= 0.3 is 0 Å². The van der Waals surface area contributed by atoms with Gasteiger partial charge < -0.3 is 0 Å². The molecule has 26 valence electrons. The molecule has 0 aromatic carbocycles. The van der Waals surface area contributed by atoms with Gasteiger partial charge in [-0.2, -0.15) is 0 Å². The molecule has 0 aromatic rings. The van der Waals surface area contributed by atoms with Gasteiger partial charge in [-0.1, -0.05) is 26.6 Å². The molecule has 1 atom stereocenters. The topological polar surface area (TPSA) is 0 Å². The SMILES string of the molecule is [2H]CC([2H])CC. The van der Waals surface area contributed by atoms with Gasteiger partial charge in [-0.05, 0) is 0 Å². The van der Waals surface area contributed by atoms with Crippen LogP contribution in [-0.4, -0.2) is 0 Å². The van der Waals surface area contributed by atoms with Gasteiger partial charge in [0, 0.05) is 2.74 Å². The molecule has 0 rings (SSSR count). The van der Waals surface area contributed by atoms with Crippen molar-refractivity contribution in [3.8, 4) is 0 Å². The van der Waals surface area contributed by atoms with E-state index in [0.717, 1.165) is 6.42 Å². The number of hydrogen-bond donors (Lipinski definition) is 0. The molecule has 0 aliphatic carbocycles. The molecule has 1 unspecified atom stereocenters. The van der Waals surface area contributed by atoms with Crippen molar-refractivity contribution in [2.24, 2.45) is 0 Å². The minimum atomic E-state index is -0.148. The molecule has 0 saturated carbocycles. The first-order valence-corrected chi connectivity index (χ1v) is 1.52. The Morgan fingerprint density at radius 2 is 3.00 bits per heavy atom. The summed E-state index contributed by atoms with van der Waals surface area (Å²) in [4.78, 5) is 0. The van der Waals surface area contributed by atoms with Gasteiger partial charge in [0.15, 0.2) is 0 Å². The third-order valence-electron chi connectivity index (χ3n) is 0.289. The molecule has 0 amide bonds. The van der Waals surface area contributed by atoms with E-state index in [1.54, 1.807) is 0 Å². The molecule has 0 aliphatic rings. The Bertz CT molecular complexity index is 24.7. The van der Waals surface area contributed by atoms with Crippen LogP contribution >= 0.6 is 0 Å². The Kier molecular flexibility index (Phi) is 1.08. The molecule has 4 heavy (non-hydrogen) atoms. The first kappa shape index (κ1) is 1.44. The van der Waals surface area contributed by atoms with Crippen LogP contribution in [-0.2, 0) is 0 Å². The first-order chi connectivity index (χ1) is 2.81. The van der Waals surface area contributed by atoms with Crippen LogP contribution in [0.2, 0.25) is 0 Å². The fourth-order valence-electron chi connectivity index (χ4n) is 0. The van der Waals surface area contributed by atoms with E-state index in [1.165, 1.54) is 0 Å². The Morgan fingerprint density at radius 3 is 3.00 bits per heavy atom.